The van der Waals surface area contributed by atoms with Gasteiger partial charge >= 0.3 is 5.97 Å². The third kappa shape index (κ3) is 2.89. The third-order valence-corrected chi connectivity index (χ3v) is 2.05. The summed E-state index contributed by atoms with van der Waals surface area (Å²) in [5.74, 6) is -0.807. The molecule has 1 rings (SSSR count). The summed E-state index contributed by atoms with van der Waals surface area (Å²) in [7, 11) is 1.30. The molecule has 0 fully saturated rings. The molecule has 0 saturated heterocycles. The van der Waals surface area contributed by atoms with Crippen molar-refractivity contribution in [2.24, 2.45) is 0 Å². The predicted molar refractivity (Wildman–Crippen MR) is 56.4 cm³/mol. The van der Waals surface area contributed by atoms with Crippen molar-refractivity contribution in [3.63, 3.8) is 0 Å². The van der Waals surface area contributed by atoms with Gasteiger partial charge < -0.3 is 9.47 Å². The molecule has 0 aliphatic carbocycles. The lowest BCUT2D eigenvalue weighted by molar-refractivity contribution is 0.0509. The van der Waals surface area contributed by atoms with Gasteiger partial charge in [0, 0.05) is 11.8 Å². The quantitative estimate of drug-likeness (QED) is 0.765. The Balaban J connectivity index is 3.36. The van der Waals surface area contributed by atoms with Crippen LogP contribution in [0, 0.1) is 6.92 Å². The zero-order chi connectivity index (χ0) is 13.0. The fourth-order valence-electron chi connectivity index (χ4n) is 1.39. The van der Waals surface area contributed by atoms with E-state index in [2.05, 4.69) is 4.98 Å². The standard InChI is InChI=1S/C11H13F2NO3/c1-4-17-11(15)8-7(16-3)5-6(2)14-9(8)10(12)13/h5,10H,4H2,1-3H3. The number of hydrogen-bond donors (Lipinski definition) is 0. The lowest BCUT2D eigenvalue weighted by Gasteiger charge is -2.12. The fourth-order valence-corrected chi connectivity index (χ4v) is 1.39. The molecule has 4 nitrogen and oxygen atoms in total. The second-order valence-electron chi connectivity index (χ2n) is 3.25. The highest BCUT2D eigenvalue weighted by Gasteiger charge is 2.26. The van der Waals surface area contributed by atoms with Crippen LogP contribution >= 0.6 is 0 Å². The summed E-state index contributed by atoms with van der Waals surface area (Å²) in [6.45, 7) is 3.23. The molecule has 1 heterocycles. The molecule has 1 aromatic rings. The molecule has 0 atom stereocenters. The summed E-state index contributed by atoms with van der Waals surface area (Å²) in [5, 5.41) is 0. The second-order valence-corrected chi connectivity index (χ2v) is 3.25. The highest BCUT2D eigenvalue weighted by atomic mass is 19.3. The molecule has 0 spiro atoms. The number of hydrogen-bond acceptors (Lipinski definition) is 4. The van der Waals surface area contributed by atoms with Crippen molar-refractivity contribution >= 4 is 5.97 Å². The van der Waals surface area contributed by atoms with Crippen molar-refractivity contribution in [1.29, 1.82) is 0 Å². The zero-order valence-electron chi connectivity index (χ0n) is 9.79. The van der Waals surface area contributed by atoms with Crippen LogP contribution in [0.5, 0.6) is 5.75 Å². The number of esters is 1. The largest absolute Gasteiger partial charge is 0.496 e. The molecule has 0 aliphatic heterocycles. The lowest BCUT2D eigenvalue weighted by atomic mass is 10.1. The van der Waals surface area contributed by atoms with E-state index >= 15 is 0 Å². The Hall–Kier alpha value is -1.72. The average Bonchev–Trinajstić information content (AvgIpc) is 2.27. The first-order valence-electron chi connectivity index (χ1n) is 5.02. The molecule has 17 heavy (non-hydrogen) atoms. The van der Waals surface area contributed by atoms with Crippen LogP contribution in [-0.4, -0.2) is 24.7 Å². The van der Waals surface area contributed by atoms with Crippen molar-refractivity contribution in [3.05, 3.63) is 23.0 Å². The van der Waals surface area contributed by atoms with Gasteiger partial charge in [-0.25, -0.2) is 13.6 Å². The van der Waals surface area contributed by atoms with E-state index in [0.717, 1.165) is 0 Å². The number of alkyl halides is 2. The number of carbonyl (C=O) groups is 1. The number of aromatic nitrogens is 1. The van der Waals surface area contributed by atoms with E-state index in [0.29, 0.717) is 5.69 Å². The van der Waals surface area contributed by atoms with Gasteiger partial charge in [-0.2, -0.15) is 0 Å². The maximum absolute atomic E-state index is 12.8. The van der Waals surface area contributed by atoms with E-state index < -0.39 is 18.1 Å². The lowest BCUT2D eigenvalue weighted by Crippen LogP contribution is -2.13. The predicted octanol–water partition coefficient (Wildman–Crippen LogP) is 2.51. The van der Waals surface area contributed by atoms with Gasteiger partial charge in [-0.05, 0) is 13.8 Å². The van der Waals surface area contributed by atoms with Crippen molar-refractivity contribution in [3.8, 4) is 5.75 Å². The summed E-state index contributed by atoms with van der Waals surface area (Å²) in [5.41, 5.74) is -0.569. The monoisotopic (exact) mass is 245 g/mol. The Morgan fingerprint density at radius 2 is 2.18 bits per heavy atom. The molecular formula is C11H13F2NO3. The van der Waals surface area contributed by atoms with E-state index in [-0.39, 0.29) is 17.9 Å². The molecule has 1 aromatic heterocycles. The van der Waals surface area contributed by atoms with Crippen LogP contribution in [0.2, 0.25) is 0 Å². The minimum atomic E-state index is -2.86. The minimum absolute atomic E-state index is 0.0475. The van der Waals surface area contributed by atoms with Crippen molar-refractivity contribution < 1.29 is 23.0 Å². The van der Waals surface area contributed by atoms with Gasteiger partial charge in [0.05, 0.1) is 13.7 Å². The number of pyridine rings is 1. The molecule has 0 amide bonds. The topological polar surface area (TPSA) is 48.4 Å². The van der Waals surface area contributed by atoms with E-state index in [9.17, 15) is 13.6 Å². The summed E-state index contributed by atoms with van der Waals surface area (Å²) in [4.78, 5) is 15.2. The number of methoxy groups -OCH3 is 1. The number of carbonyl (C=O) groups excluding carboxylic acids is 1. The Morgan fingerprint density at radius 1 is 1.53 bits per heavy atom. The van der Waals surface area contributed by atoms with E-state index in [1.165, 1.54) is 13.2 Å². The Morgan fingerprint density at radius 3 is 2.65 bits per heavy atom. The van der Waals surface area contributed by atoms with E-state index in [1.54, 1.807) is 13.8 Å². The van der Waals surface area contributed by atoms with Crippen molar-refractivity contribution in [1.82, 2.24) is 4.98 Å². The second kappa shape index (κ2) is 5.56. The number of aryl methyl sites for hydroxylation is 1. The number of nitrogens with zero attached hydrogens (tertiary/aromatic N) is 1. The van der Waals surface area contributed by atoms with Crippen LogP contribution in [0.15, 0.2) is 6.07 Å². The summed E-state index contributed by atoms with van der Waals surface area (Å²) < 4.78 is 35.2. The van der Waals surface area contributed by atoms with Crippen LogP contribution in [0.4, 0.5) is 8.78 Å². The first-order valence-corrected chi connectivity index (χ1v) is 5.02. The van der Waals surface area contributed by atoms with E-state index in [1.807, 2.05) is 0 Å². The fraction of sp³-hybridized carbons (Fsp3) is 0.455. The van der Waals surface area contributed by atoms with Crippen LogP contribution < -0.4 is 4.74 Å². The van der Waals surface area contributed by atoms with Gasteiger partial charge in [-0.1, -0.05) is 0 Å². The van der Waals surface area contributed by atoms with Gasteiger partial charge in [0.1, 0.15) is 17.0 Å². The molecule has 0 aromatic carbocycles. The Labute approximate surface area is 97.6 Å². The molecule has 0 aliphatic rings. The molecule has 94 valence electrons. The van der Waals surface area contributed by atoms with Gasteiger partial charge in [-0.15, -0.1) is 0 Å². The maximum atomic E-state index is 12.8. The van der Waals surface area contributed by atoms with Crippen LogP contribution in [-0.2, 0) is 4.74 Å². The smallest absolute Gasteiger partial charge is 0.344 e. The van der Waals surface area contributed by atoms with Crippen LogP contribution in [0.1, 0.15) is 35.1 Å². The Bertz CT molecular complexity index is 421. The molecule has 0 saturated carbocycles. The maximum Gasteiger partial charge on any atom is 0.344 e. The summed E-state index contributed by atoms with van der Waals surface area (Å²) >= 11 is 0. The number of ether oxygens (including phenoxy) is 2. The van der Waals surface area contributed by atoms with Gasteiger partial charge in [0.15, 0.2) is 0 Å². The van der Waals surface area contributed by atoms with Crippen molar-refractivity contribution in [2.45, 2.75) is 20.3 Å². The zero-order valence-corrected chi connectivity index (χ0v) is 9.79. The summed E-state index contributed by atoms with van der Waals surface area (Å²) in [6.07, 6.45) is -2.86. The minimum Gasteiger partial charge on any atom is -0.496 e. The van der Waals surface area contributed by atoms with Crippen molar-refractivity contribution in [2.75, 3.05) is 13.7 Å². The van der Waals surface area contributed by atoms with Crippen LogP contribution in [0.25, 0.3) is 0 Å². The number of halogens is 2. The molecule has 0 radical (unpaired) electrons. The van der Waals surface area contributed by atoms with Crippen LogP contribution in [0.3, 0.4) is 0 Å². The normalized spacial score (nSPS) is 10.5. The number of rotatable bonds is 4. The van der Waals surface area contributed by atoms with Gasteiger partial charge in [-0.3, -0.25) is 4.98 Å². The first-order chi connectivity index (χ1) is 8.01. The summed E-state index contributed by atoms with van der Waals surface area (Å²) in [6, 6.07) is 1.41. The van der Waals surface area contributed by atoms with Gasteiger partial charge in [0.2, 0.25) is 0 Å². The molecular weight excluding hydrogens is 232 g/mol. The average molecular weight is 245 g/mol. The highest BCUT2D eigenvalue weighted by Crippen LogP contribution is 2.29. The third-order valence-electron chi connectivity index (χ3n) is 2.05. The molecule has 0 N–H and O–H groups in total. The van der Waals surface area contributed by atoms with Gasteiger partial charge in [0.25, 0.3) is 6.43 Å². The molecule has 0 unspecified atom stereocenters. The molecule has 6 heteroatoms. The Kier molecular flexibility index (Phi) is 4.37. The van der Waals surface area contributed by atoms with E-state index in [4.69, 9.17) is 9.47 Å². The highest BCUT2D eigenvalue weighted by molar-refractivity contribution is 5.93. The SMILES string of the molecule is CCOC(=O)c1c(OC)cc(C)nc1C(F)F. The molecule has 0 bridgehead atoms. The first kappa shape index (κ1) is 13.3.